The van der Waals surface area contributed by atoms with Crippen LogP contribution in [0.1, 0.15) is 20.8 Å². The first kappa shape index (κ1) is 20.3. The maximum Gasteiger partial charge on any atom is 0.302 e. The van der Waals surface area contributed by atoms with Gasteiger partial charge >= 0.3 is 6.01 Å². The summed E-state index contributed by atoms with van der Waals surface area (Å²) >= 11 is 12.4. The number of anilines is 2. The third-order valence-corrected chi connectivity index (χ3v) is 5.63. The smallest absolute Gasteiger partial charge is 0.302 e. The summed E-state index contributed by atoms with van der Waals surface area (Å²) < 4.78 is 5.26. The Morgan fingerprint density at radius 3 is 2.43 bits per heavy atom. The van der Waals surface area contributed by atoms with Gasteiger partial charge in [-0.05, 0) is 24.3 Å². The van der Waals surface area contributed by atoms with Crippen LogP contribution in [0.15, 0.2) is 59.2 Å². The van der Waals surface area contributed by atoms with E-state index in [1.165, 1.54) is 6.26 Å². The van der Waals surface area contributed by atoms with Gasteiger partial charge in [0.2, 0.25) is 0 Å². The van der Waals surface area contributed by atoms with E-state index in [1.54, 1.807) is 35.2 Å². The van der Waals surface area contributed by atoms with Gasteiger partial charge in [-0.15, -0.1) is 0 Å². The van der Waals surface area contributed by atoms with Crippen LogP contribution in [0.4, 0.5) is 11.7 Å². The highest BCUT2D eigenvalue weighted by Crippen LogP contribution is 2.33. The minimum absolute atomic E-state index is 0.0171. The van der Waals surface area contributed by atoms with Gasteiger partial charge in [-0.1, -0.05) is 47.5 Å². The van der Waals surface area contributed by atoms with Crippen LogP contribution < -0.4 is 10.2 Å². The van der Waals surface area contributed by atoms with Crippen LogP contribution in [0, 0.1) is 0 Å². The van der Waals surface area contributed by atoms with E-state index in [0.717, 1.165) is 5.69 Å². The highest BCUT2D eigenvalue weighted by Gasteiger charge is 2.26. The number of amides is 2. The van der Waals surface area contributed by atoms with Crippen molar-refractivity contribution in [2.24, 2.45) is 0 Å². The predicted octanol–water partition coefficient (Wildman–Crippen LogP) is 4.20. The van der Waals surface area contributed by atoms with Gasteiger partial charge in [0.25, 0.3) is 11.8 Å². The molecule has 0 radical (unpaired) electrons. The Kier molecular flexibility index (Phi) is 5.92. The highest BCUT2D eigenvalue weighted by molar-refractivity contribution is 6.43. The fourth-order valence-corrected chi connectivity index (χ4v) is 3.65. The lowest BCUT2D eigenvalue weighted by Crippen LogP contribution is -2.49. The molecule has 1 aromatic heterocycles. The van der Waals surface area contributed by atoms with Gasteiger partial charge in [0, 0.05) is 31.7 Å². The molecule has 1 saturated heterocycles. The minimum Gasteiger partial charge on any atom is -0.431 e. The number of oxazole rings is 1. The molecule has 1 aliphatic rings. The second kappa shape index (κ2) is 8.77. The third-order valence-electron chi connectivity index (χ3n) is 4.82. The van der Waals surface area contributed by atoms with E-state index in [4.69, 9.17) is 27.6 Å². The van der Waals surface area contributed by atoms with Crippen LogP contribution in [0.25, 0.3) is 0 Å². The summed E-state index contributed by atoms with van der Waals surface area (Å²) in [6, 6.07) is 14.2. The Labute approximate surface area is 183 Å². The number of carbonyl (C=O) groups is 2. The normalized spacial score (nSPS) is 13.9. The third kappa shape index (κ3) is 4.27. The van der Waals surface area contributed by atoms with Crippen LogP contribution in [-0.2, 0) is 0 Å². The quantitative estimate of drug-likeness (QED) is 0.652. The number of nitrogens with zero attached hydrogens (tertiary/aromatic N) is 3. The Balaban J connectivity index is 1.37. The van der Waals surface area contributed by atoms with Crippen molar-refractivity contribution in [3.8, 4) is 0 Å². The number of benzene rings is 2. The van der Waals surface area contributed by atoms with Gasteiger partial charge in [-0.2, -0.15) is 4.98 Å². The minimum atomic E-state index is -0.358. The van der Waals surface area contributed by atoms with E-state index in [1.807, 2.05) is 18.2 Å². The molecule has 2 heterocycles. The Hall–Kier alpha value is -3.03. The van der Waals surface area contributed by atoms with Gasteiger partial charge in [0.15, 0.2) is 5.69 Å². The van der Waals surface area contributed by atoms with E-state index in [9.17, 15) is 9.59 Å². The molecule has 4 rings (SSSR count). The zero-order chi connectivity index (χ0) is 21.1. The first-order valence-corrected chi connectivity index (χ1v) is 10.1. The van der Waals surface area contributed by atoms with Crippen molar-refractivity contribution in [2.45, 2.75) is 0 Å². The molecule has 154 valence electrons. The van der Waals surface area contributed by atoms with Crippen LogP contribution >= 0.6 is 23.2 Å². The second-order valence-electron chi connectivity index (χ2n) is 6.71. The summed E-state index contributed by atoms with van der Waals surface area (Å²) in [5, 5.41) is 3.56. The molecular weight excluding hydrogens is 427 g/mol. The molecule has 0 spiro atoms. The summed E-state index contributed by atoms with van der Waals surface area (Å²) in [7, 11) is 0. The lowest BCUT2D eigenvalue weighted by atomic mass is 10.2. The largest absolute Gasteiger partial charge is 0.431 e. The topological polar surface area (TPSA) is 78.7 Å². The van der Waals surface area contributed by atoms with Crippen LogP contribution in [-0.4, -0.2) is 47.9 Å². The van der Waals surface area contributed by atoms with Gasteiger partial charge in [-0.3, -0.25) is 14.9 Å². The van der Waals surface area contributed by atoms with E-state index in [2.05, 4.69) is 15.2 Å². The molecule has 0 aliphatic carbocycles. The first-order chi connectivity index (χ1) is 14.5. The fourth-order valence-electron chi connectivity index (χ4n) is 3.24. The SMILES string of the molecule is O=C(Nc1nc(C(=O)N2CCN(c3cccc(Cl)c3Cl)CC2)co1)c1ccccc1. The van der Waals surface area contributed by atoms with Gasteiger partial charge in [-0.25, -0.2) is 0 Å². The standard InChI is InChI=1S/C21H18Cl2N4O3/c22-15-7-4-8-17(18(15)23)26-9-11-27(12-10-26)20(29)16-13-30-21(24-16)25-19(28)14-5-2-1-3-6-14/h1-8,13H,9-12H2,(H,24,25,28). The summed E-state index contributed by atoms with van der Waals surface area (Å²) in [6.45, 7) is 2.23. The van der Waals surface area contributed by atoms with Gasteiger partial charge in [0.1, 0.15) is 6.26 Å². The van der Waals surface area contributed by atoms with E-state index >= 15 is 0 Å². The first-order valence-electron chi connectivity index (χ1n) is 9.33. The number of nitrogens with one attached hydrogen (secondary N) is 1. The molecule has 2 aromatic carbocycles. The molecule has 0 atom stereocenters. The van der Waals surface area contributed by atoms with E-state index in [0.29, 0.717) is 41.8 Å². The molecule has 0 bridgehead atoms. The van der Waals surface area contributed by atoms with Crippen molar-refractivity contribution in [3.63, 3.8) is 0 Å². The maximum absolute atomic E-state index is 12.8. The van der Waals surface area contributed by atoms with E-state index < -0.39 is 0 Å². The molecule has 2 amide bonds. The molecule has 1 aliphatic heterocycles. The zero-order valence-corrected chi connectivity index (χ0v) is 17.4. The number of rotatable bonds is 4. The van der Waals surface area contributed by atoms with Crippen molar-refractivity contribution in [2.75, 3.05) is 36.4 Å². The lowest BCUT2D eigenvalue weighted by Gasteiger charge is -2.36. The van der Waals surface area contributed by atoms with Gasteiger partial charge in [0.05, 0.1) is 15.7 Å². The molecule has 3 aromatic rings. The summed E-state index contributed by atoms with van der Waals surface area (Å²) in [5.74, 6) is -0.612. The molecule has 30 heavy (non-hydrogen) atoms. The Bertz CT molecular complexity index is 1060. The Morgan fingerprint density at radius 1 is 0.967 bits per heavy atom. The number of hydrogen-bond acceptors (Lipinski definition) is 5. The number of halogens is 2. The number of carbonyl (C=O) groups excluding carboxylic acids is 2. The van der Waals surface area contributed by atoms with Crippen LogP contribution in [0.2, 0.25) is 10.0 Å². The zero-order valence-electron chi connectivity index (χ0n) is 15.8. The van der Waals surface area contributed by atoms with E-state index in [-0.39, 0.29) is 23.5 Å². The fraction of sp³-hybridized carbons (Fsp3) is 0.190. The molecule has 1 fully saturated rings. The monoisotopic (exact) mass is 444 g/mol. The van der Waals surface area contributed by atoms with Crippen molar-refractivity contribution in [1.82, 2.24) is 9.88 Å². The molecule has 9 heteroatoms. The summed E-state index contributed by atoms with van der Waals surface area (Å²) in [6.07, 6.45) is 1.25. The van der Waals surface area contributed by atoms with Crippen molar-refractivity contribution >= 4 is 46.7 Å². The molecule has 7 nitrogen and oxygen atoms in total. The lowest BCUT2D eigenvalue weighted by molar-refractivity contribution is 0.0740. The average molecular weight is 445 g/mol. The highest BCUT2D eigenvalue weighted by atomic mass is 35.5. The van der Waals surface area contributed by atoms with Crippen molar-refractivity contribution in [3.05, 3.63) is 76.1 Å². The maximum atomic E-state index is 12.8. The number of piperazine rings is 1. The number of aromatic nitrogens is 1. The number of hydrogen-bond donors (Lipinski definition) is 1. The van der Waals surface area contributed by atoms with Crippen molar-refractivity contribution < 1.29 is 14.0 Å². The summed E-state index contributed by atoms with van der Waals surface area (Å²) in [5.41, 5.74) is 1.47. The van der Waals surface area contributed by atoms with Crippen LogP contribution in [0.3, 0.4) is 0 Å². The molecule has 0 unspecified atom stereocenters. The molecular formula is C21H18Cl2N4O3. The molecule has 1 N–H and O–H groups in total. The molecule has 0 saturated carbocycles. The predicted molar refractivity (Wildman–Crippen MR) is 115 cm³/mol. The van der Waals surface area contributed by atoms with Crippen LogP contribution in [0.5, 0.6) is 0 Å². The Morgan fingerprint density at radius 2 is 1.70 bits per heavy atom. The van der Waals surface area contributed by atoms with Crippen molar-refractivity contribution in [1.29, 1.82) is 0 Å². The average Bonchev–Trinajstić information content (AvgIpc) is 3.24. The second-order valence-corrected chi connectivity index (χ2v) is 7.50. The summed E-state index contributed by atoms with van der Waals surface area (Å²) in [4.78, 5) is 32.8. The van der Waals surface area contributed by atoms with Gasteiger partial charge < -0.3 is 14.2 Å².